The smallest absolute Gasteiger partial charge is 0.120 e. The summed E-state index contributed by atoms with van der Waals surface area (Å²) in [4.78, 5) is 8.97. The summed E-state index contributed by atoms with van der Waals surface area (Å²) in [7, 11) is 2.10. The first-order valence-corrected chi connectivity index (χ1v) is 10.7. The predicted molar refractivity (Wildman–Crippen MR) is 120 cm³/mol. The molecule has 5 heteroatoms. The van der Waals surface area contributed by atoms with Gasteiger partial charge in [-0.3, -0.25) is 9.88 Å². The van der Waals surface area contributed by atoms with Gasteiger partial charge in [-0.1, -0.05) is 30.0 Å². The fraction of sp³-hybridized carbons (Fsp3) is 0.480. The van der Waals surface area contributed by atoms with Gasteiger partial charge in [0.25, 0.3) is 0 Å². The largest absolute Gasteiger partial charge is 0.390 e. The van der Waals surface area contributed by atoms with Crippen molar-refractivity contribution >= 4 is 0 Å². The Hall–Kier alpha value is -2.23. The number of pyridine rings is 1. The number of rotatable bonds is 6. The van der Waals surface area contributed by atoms with Gasteiger partial charge >= 0.3 is 0 Å². The van der Waals surface area contributed by atoms with Crippen LogP contribution in [0.2, 0.25) is 0 Å². The molecule has 2 heterocycles. The van der Waals surface area contributed by atoms with Crippen LogP contribution in [0.15, 0.2) is 48.7 Å². The third-order valence-corrected chi connectivity index (χ3v) is 5.52. The molecule has 2 atom stereocenters. The molecule has 5 nitrogen and oxygen atoms in total. The van der Waals surface area contributed by atoms with Gasteiger partial charge in [0.1, 0.15) is 5.60 Å². The number of β-amino-alcohol motifs (C(OH)–C–C–N with tert-alkyl or cyclic N) is 1. The van der Waals surface area contributed by atoms with E-state index in [2.05, 4.69) is 51.9 Å². The van der Waals surface area contributed by atoms with E-state index in [1.165, 1.54) is 5.56 Å². The molecule has 1 fully saturated rings. The van der Waals surface area contributed by atoms with E-state index in [0.29, 0.717) is 6.54 Å². The van der Waals surface area contributed by atoms with Crippen LogP contribution in [0.25, 0.3) is 0 Å². The molecular formula is C25H33N3O2. The number of aromatic nitrogens is 1. The highest BCUT2D eigenvalue weighted by molar-refractivity contribution is 5.37. The fourth-order valence-electron chi connectivity index (χ4n) is 3.82. The average Bonchev–Trinajstić information content (AvgIpc) is 2.72. The number of likely N-dealkylation sites (tertiary alicyclic amines) is 1. The van der Waals surface area contributed by atoms with Gasteiger partial charge in [-0.2, -0.15) is 0 Å². The van der Waals surface area contributed by atoms with E-state index in [-0.39, 0.29) is 12.1 Å². The van der Waals surface area contributed by atoms with E-state index < -0.39 is 5.60 Å². The number of aliphatic hydroxyl groups excluding tert-OH is 1. The molecule has 0 spiro atoms. The Morgan fingerprint density at radius 3 is 2.60 bits per heavy atom. The third-order valence-electron chi connectivity index (χ3n) is 5.52. The number of hydrogen-bond acceptors (Lipinski definition) is 5. The molecule has 0 saturated carbocycles. The molecule has 2 N–H and O–H groups in total. The topological polar surface area (TPSA) is 59.8 Å². The van der Waals surface area contributed by atoms with Crippen molar-refractivity contribution in [2.75, 3.05) is 26.7 Å². The standard InChI is InChI=1S/C25H33N3O2/c1-25(2,30)14-11-20-7-9-21(10-8-20)18-28-17-13-23(24(29)19-28)27(3)16-12-22-6-4-5-15-26-22/h4-10,15,23-24,29-30H,12-13,16-19H2,1-3H3/t23-,24-/m1/s1. The highest BCUT2D eigenvalue weighted by Crippen LogP contribution is 2.19. The Bertz CT molecular complexity index is 850. The molecule has 3 rings (SSSR count). The van der Waals surface area contributed by atoms with Crippen molar-refractivity contribution in [3.8, 4) is 11.8 Å². The summed E-state index contributed by atoms with van der Waals surface area (Å²) >= 11 is 0. The number of piperidine rings is 1. The van der Waals surface area contributed by atoms with E-state index in [0.717, 1.165) is 43.7 Å². The van der Waals surface area contributed by atoms with Crippen LogP contribution >= 0.6 is 0 Å². The molecule has 1 aliphatic rings. The molecule has 0 unspecified atom stereocenters. The van der Waals surface area contributed by atoms with Crippen LogP contribution in [0.3, 0.4) is 0 Å². The Balaban J connectivity index is 1.48. The molecular weight excluding hydrogens is 374 g/mol. The zero-order valence-electron chi connectivity index (χ0n) is 18.3. The van der Waals surface area contributed by atoms with Crippen LogP contribution in [-0.4, -0.2) is 69.4 Å². The highest BCUT2D eigenvalue weighted by atomic mass is 16.3. The average molecular weight is 408 g/mol. The van der Waals surface area contributed by atoms with Crippen LogP contribution in [0.4, 0.5) is 0 Å². The first kappa shape index (κ1) is 22.5. The van der Waals surface area contributed by atoms with Crippen molar-refractivity contribution < 1.29 is 10.2 Å². The lowest BCUT2D eigenvalue weighted by Crippen LogP contribution is -2.53. The van der Waals surface area contributed by atoms with Gasteiger partial charge in [-0.25, -0.2) is 0 Å². The molecule has 1 aromatic carbocycles. The molecule has 0 amide bonds. The summed E-state index contributed by atoms with van der Waals surface area (Å²) in [5, 5.41) is 20.5. The van der Waals surface area contributed by atoms with Gasteiger partial charge in [-0.15, -0.1) is 0 Å². The Labute approximate surface area is 180 Å². The normalized spacial score (nSPS) is 20.1. The highest BCUT2D eigenvalue weighted by Gasteiger charge is 2.30. The summed E-state index contributed by atoms with van der Waals surface area (Å²) in [5.74, 6) is 5.84. The van der Waals surface area contributed by atoms with Crippen molar-refractivity contribution in [3.63, 3.8) is 0 Å². The maximum absolute atomic E-state index is 10.7. The van der Waals surface area contributed by atoms with Gasteiger partial charge < -0.3 is 15.1 Å². The zero-order chi connectivity index (χ0) is 21.6. The molecule has 1 aromatic heterocycles. The maximum atomic E-state index is 10.7. The lowest BCUT2D eigenvalue weighted by Gasteiger charge is -2.40. The summed E-state index contributed by atoms with van der Waals surface area (Å²) in [6.07, 6.45) is 3.32. The monoisotopic (exact) mass is 407 g/mol. The molecule has 0 radical (unpaired) electrons. The van der Waals surface area contributed by atoms with Crippen molar-refractivity contribution in [2.24, 2.45) is 0 Å². The number of hydrogen-bond donors (Lipinski definition) is 2. The first-order valence-electron chi connectivity index (χ1n) is 10.7. The molecule has 1 saturated heterocycles. The van der Waals surface area contributed by atoms with Crippen LogP contribution in [-0.2, 0) is 13.0 Å². The van der Waals surface area contributed by atoms with Gasteiger partial charge in [0.2, 0.25) is 0 Å². The lowest BCUT2D eigenvalue weighted by molar-refractivity contribution is -0.00619. The number of aliphatic hydroxyl groups is 2. The minimum atomic E-state index is -0.982. The molecule has 30 heavy (non-hydrogen) atoms. The summed E-state index contributed by atoms with van der Waals surface area (Å²) in [6.45, 7) is 6.72. The van der Waals surface area contributed by atoms with E-state index >= 15 is 0 Å². The minimum absolute atomic E-state index is 0.185. The van der Waals surface area contributed by atoms with Crippen molar-refractivity contribution in [2.45, 2.75) is 51.0 Å². The maximum Gasteiger partial charge on any atom is 0.120 e. The van der Waals surface area contributed by atoms with Crippen LogP contribution < -0.4 is 0 Å². The predicted octanol–water partition coefficient (Wildman–Crippen LogP) is 2.31. The van der Waals surface area contributed by atoms with E-state index in [1.807, 2.05) is 30.5 Å². The third kappa shape index (κ3) is 6.93. The van der Waals surface area contributed by atoms with Crippen LogP contribution in [0.1, 0.15) is 37.1 Å². The summed E-state index contributed by atoms with van der Waals surface area (Å²) in [6, 6.07) is 14.3. The zero-order valence-corrected chi connectivity index (χ0v) is 18.3. The van der Waals surface area contributed by atoms with Gasteiger partial charge in [0.15, 0.2) is 0 Å². The first-order chi connectivity index (χ1) is 14.3. The summed E-state index contributed by atoms with van der Waals surface area (Å²) in [5.41, 5.74) is 2.21. The SMILES string of the molecule is CN(CCc1ccccn1)[C@@H]1CCN(Cc2ccc(C#CC(C)(C)O)cc2)C[C@H]1O. The van der Waals surface area contributed by atoms with E-state index in [4.69, 9.17) is 0 Å². The molecule has 0 aliphatic carbocycles. The van der Waals surface area contributed by atoms with Crippen molar-refractivity contribution in [1.29, 1.82) is 0 Å². The van der Waals surface area contributed by atoms with Crippen molar-refractivity contribution in [3.05, 3.63) is 65.5 Å². The van der Waals surface area contributed by atoms with E-state index in [1.54, 1.807) is 13.8 Å². The molecule has 2 aromatic rings. The number of benzene rings is 1. The molecule has 160 valence electrons. The van der Waals surface area contributed by atoms with Crippen LogP contribution in [0, 0.1) is 11.8 Å². The number of likely N-dealkylation sites (N-methyl/N-ethyl adjacent to an activating group) is 1. The quantitative estimate of drug-likeness (QED) is 0.720. The summed E-state index contributed by atoms with van der Waals surface area (Å²) < 4.78 is 0. The van der Waals surface area contributed by atoms with Crippen molar-refractivity contribution in [1.82, 2.24) is 14.8 Å². The molecule has 1 aliphatic heterocycles. The second kappa shape index (κ2) is 10.2. The second-order valence-corrected chi connectivity index (χ2v) is 8.72. The van der Waals surface area contributed by atoms with Crippen LogP contribution in [0.5, 0.6) is 0 Å². The number of nitrogens with zero attached hydrogens (tertiary/aromatic N) is 3. The van der Waals surface area contributed by atoms with E-state index in [9.17, 15) is 10.2 Å². The Kier molecular flexibility index (Phi) is 7.63. The second-order valence-electron chi connectivity index (χ2n) is 8.72. The minimum Gasteiger partial charge on any atom is -0.390 e. The molecule has 0 bridgehead atoms. The lowest BCUT2D eigenvalue weighted by atomic mass is 9.99. The van der Waals surface area contributed by atoms with Gasteiger partial charge in [0, 0.05) is 56.1 Å². The van der Waals surface area contributed by atoms with Gasteiger partial charge in [-0.05, 0) is 57.1 Å². The van der Waals surface area contributed by atoms with Gasteiger partial charge in [0.05, 0.1) is 6.10 Å². The Morgan fingerprint density at radius 1 is 1.20 bits per heavy atom. The Morgan fingerprint density at radius 2 is 1.97 bits per heavy atom. The fourth-order valence-corrected chi connectivity index (χ4v) is 3.82.